The SMILES string of the molecule is COc1ccc(C2CCCN2C(=O)CCC2Cc3ccccc3NC2=O)cc1. The van der Waals surface area contributed by atoms with Crippen LogP contribution in [-0.4, -0.2) is 30.4 Å². The Morgan fingerprint density at radius 1 is 1.18 bits per heavy atom. The first-order chi connectivity index (χ1) is 13.7. The summed E-state index contributed by atoms with van der Waals surface area (Å²) in [6, 6.07) is 16.0. The molecular formula is C23H26N2O3. The Morgan fingerprint density at radius 3 is 2.75 bits per heavy atom. The van der Waals surface area contributed by atoms with Crippen molar-refractivity contribution in [2.45, 2.75) is 38.1 Å². The minimum Gasteiger partial charge on any atom is -0.497 e. The third kappa shape index (κ3) is 3.75. The van der Waals surface area contributed by atoms with Gasteiger partial charge in [0.05, 0.1) is 13.2 Å². The molecule has 2 heterocycles. The maximum absolute atomic E-state index is 12.9. The number of likely N-dealkylation sites (tertiary alicyclic amines) is 1. The second-order valence-electron chi connectivity index (χ2n) is 7.60. The van der Waals surface area contributed by atoms with Crippen molar-refractivity contribution in [3.8, 4) is 5.75 Å². The maximum atomic E-state index is 12.9. The quantitative estimate of drug-likeness (QED) is 0.857. The summed E-state index contributed by atoms with van der Waals surface area (Å²) in [5, 5.41) is 2.97. The van der Waals surface area contributed by atoms with Gasteiger partial charge in [0.15, 0.2) is 0 Å². The summed E-state index contributed by atoms with van der Waals surface area (Å²) >= 11 is 0. The number of nitrogens with one attached hydrogen (secondary N) is 1. The number of ether oxygens (including phenoxy) is 1. The highest BCUT2D eigenvalue weighted by Crippen LogP contribution is 2.34. The number of rotatable bonds is 5. The molecule has 0 radical (unpaired) electrons. The first kappa shape index (κ1) is 18.5. The Labute approximate surface area is 165 Å². The molecule has 2 unspecified atom stereocenters. The minimum atomic E-state index is -0.138. The van der Waals surface area contributed by atoms with Gasteiger partial charge >= 0.3 is 0 Å². The Hall–Kier alpha value is -2.82. The van der Waals surface area contributed by atoms with Gasteiger partial charge in [0, 0.05) is 24.6 Å². The van der Waals surface area contributed by atoms with Crippen LogP contribution in [0.3, 0.4) is 0 Å². The average Bonchev–Trinajstić information content (AvgIpc) is 3.22. The highest BCUT2D eigenvalue weighted by molar-refractivity contribution is 5.96. The molecule has 5 heteroatoms. The van der Waals surface area contributed by atoms with E-state index in [0.717, 1.165) is 42.0 Å². The van der Waals surface area contributed by atoms with Crippen LogP contribution < -0.4 is 10.1 Å². The van der Waals surface area contributed by atoms with Crippen molar-refractivity contribution in [3.05, 3.63) is 59.7 Å². The highest BCUT2D eigenvalue weighted by Gasteiger charge is 2.31. The van der Waals surface area contributed by atoms with E-state index in [9.17, 15) is 9.59 Å². The van der Waals surface area contributed by atoms with Crippen molar-refractivity contribution in [3.63, 3.8) is 0 Å². The Kier molecular flexibility index (Phi) is 5.33. The fourth-order valence-electron chi connectivity index (χ4n) is 4.33. The number of benzene rings is 2. The molecule has 4 rings (SSSR count). The molecule has 28 heavy (non-hydrogen) atoms. The number of methoxy groups -OCH3 is 1. The number of fused-ring (bicyclic) bond motifs is 1. The van der Waals surface area contributed by atoms with E-state index in [1.165, 1.54) is 0 Å². The monoisotopic (exact) mass is 378 g/mol. The molecule has 1 N–H and O–H groups in total. The summed E-state index contributed by atoms with van der Waals surface area (Å²) in [6.45, 7) is 0.787. The van der Waals surface area contributed by atoms with Crippen LogP contribution in [0.5, 0.6) is 5.75 Å². The number of para-hydroxylation sites is 1. The molecule has 0 spiro atoms. The van der Waals surface area contributed by atoms with Gasteiger partial charge in [0.1, 0.15) is 5.75 Å². The Bertz CT molecular complexity index is 862. The second kappa shape index (κ2) is 8.05. The zero-order chi connectivity index (χ0) is 19.5. The zero-order valence-corrected chi connectivity index (χ0v) is 16.2. The first-order valence-electron chi connectivity index (χ1n) is 9.98. The normalized spacial score (nSPS) is 21.2. The molecule has 1 fully saturated rings. The van der Waals surface area contributed by atoms with Gasteiger partial charge < -0.3 is 15.0 Å². The van der Waals surface area contributed by atoms with Gasteiger partial charge in [-0.05, 0) is 55.0 Å². The molecule has 2 aromatic rings. The molecular weight excluding hydrogens is 352 g/mol. The lowest BCUT2D eigenvalue weighted by Gasteiger charge is -2.27. The summed E-state index contributed by atoms with van der Waals surface area (Å²) in [7, 11) is 1.65. The van der Waals surface area contributed by atoms with Crippen LogP contribution in [-0.2, 0) is 16.0 Å². The van der Waals surface area contributed by atoms with E-state index >= 15 is 0 Å². The van der Waals surface area contributed by atoms with Gasteiger partial charge in [-0.2, -0.15) is 0 Å². The summed E-state index contributed by atoms with van der Waals surface area (Å²) in [5.74, 6) is 0.855. The molecule has 1 saturated heterocycles. The van der Waals surface area contributed by atoms with Crippen LogP contribution in [0.1, 0.15) is 42.9 Å². The lowest BCUT2D eigenvalue weighted by molar-refractivity contribution is -0.132. The van der Waals surface area contributed by atoms with E-state index in [2.05, 4.69) is 5.32 Å². The van der Waals surface area contributed by atoms with Gasteiger partial charge in [-0.3, -0.25) is 9.59 Å². The summed E-state index contributed by atoms with van der Waals surface area (Å²) < 4.78 is 5.23. The molecule has 2 aliphatic heterocycles. The molecule has 146 valence electrons. The average molecular weight is 378 g/mol. The standard InChI is InChI=1S/C23H26N2O3/c1-28-19-11-8-16(9-12-19)21-7-4-14-25(21)22(26)13-10-18-15-17-5-2-3-6-20(17)24-23(18)27/h2-3,5-6,8-9,11-12,18,21H,4,7,10,13-15H2,1H3,(H,24,27). The van der Waals surface area contributed by atoms with Crippen molar-refractivity contribution in [1.82, 2.24) is 4.90 Å². The smallest absolute Gasteiger partial charge is 0.227 e. The number of nitrogens with zero attached hydrogens (tertiary/aromatic N) is 1. The number of amides is 2. The number of carbonyl (C=O) groups excluding carboxylic acids is 2. The number of carbonyl (C=O) groups is 2. The van der Waals surface area contributed by atoms with Crippen LogP contribution in [0, 0.1) is 5.92 Å². The summed E-state index contributed by atoms with van der Waals surface area (Å²) in [5.41, 5.74) is 3.20. The molecule has 0 bridgehead atoms. The van der Waals surface area contributed by atoms with Crippen molar-refractivity contribution >= 4 is 17.5 Å². The third-order valence-corrected chi connectivity index (χ3v) is 5.89. The molecule has 5 nitrogen and oxygen atoms in total. The molecule has 2 amide bonds. The number of hydrogen-bond donors (Lipinski definition) is 1. The second-order valence-corrected chi connectivity index (χ2v) is 7.60. The summed E-state index contributed by atoms with van der Waals surface area (Å²) in [4.78, 5) is 27.3. The van der Waals surface area contributed by atoms with Gasteiger partial charge in [-0.1, -0.05) is 30.3 Å². The van der Waals surface area contributed by atoms with E-state index in [1.807, 2.05) is 53.4 Å². The number of hydrogen-bond acceptors (Lipinski definition) is 3. The molecule has 0 aliphatic carbocycles. The third-order valence-electron chi connectivity index (χ3n) is 5.89. The molecule has 2 aliphatic rings. The number of anilines is 1. The summed E-state index contributed by atoms with van der Waals surface area (Å²) in [6.07, 6.45) is 3.70. The topological polar surface area (TPSA) is 58.6 Å². The largest absolute Gasteiger partial charge is 0.497 e. The van der Waals surface area contributed by atoms with E-state index in [4.69, 9.17) is 4.74 Å². The van der Waals surface area contributed by atoms with E-state index in [-0.39, 0.29) is 23.8 Å². The Balaban J connectivity index is 1.38. The molecule has 0 saturated carbocycles. The fourth-order valence-corrected chi connectivity index (χ4v) is 4.33. The van der Waals surface area contributed by atoms with Crippen LogP contribution in [0.15, 0.2) is 48.5 Å². The zero-order valence-electron chi connectivity index (χ0n) is 16.2. The minimum absolute atomic E-state index is 0.0274. The van der Waals surface area contributed by atoms with Crippen molar-refractivity contribution < 1.29 is 14.3 Å². The van der Waals surface area contributed by atoms with Gasteiger partial charge in [0.2, 0.25) is 11.8 Å². The van der Waals surface area contributed by atoms with E-state index in [1.54, 1.807) is 7.11 Å². The van der Waals surface area contributed by atoms with Gasteiger partial charge in [-0.25, -0.2) is 0 Å². The fraction of sp³-hybridized carbons (Fsp3) is 0.391. The van der Waals surface area contributed by atoms with Crippen LogP contribution in [0.4, 0.5) is 5.69 Å². The van der Waals surface area contributed by atoms with Crippen molar-refractivity contribution in [2.24, 2.45) is 5.92 Å². The lowest BCUT2D eigenvalue weighted by Crippen LogP contribution is -2.33. The van der Waals surface area contributed by atoms with Crippen molar-refractivity contribution in [2.75, 3.05) is 19.0 Å². The first-order valence-corrected chi connectivity index (χ1v) is 9.98. The highest BCUT2D eigenvalue weighted by atomic mass is 16.5. The molecule has 2 atom stereocenters. The predicted molar refractivity (Wildman–Crippen MR) is 108 cm³/mol. The molecule has 2 aromatic carbocycles. The molecule has 0 aromatic heterocycles. The van der Waals surface area contributed by atoms with E-state index < -0.39 is 0 Å². The van der Waals surface area contributed by atoms with Crippen molar-refractivity contribution in [1.29, 1.82) is 0 Å². The van der Waals surface area contributed by atoms with Crippen LogP contribution >= 0.6 is 0 Å². The predicted octanol–water partition coefficient (Wildman–Crippen LogP) is 3.95. The Morgan fingerprint density at radius 2 is 1.96 bits per heavy atom. The van der Waals surface area contributed by atoms with Crippen LogP contribution in [0.25, 0.3) is 0 Å². The van der Waals surface area contributed by atoms with Gasteiger partial charge in [-0.15, -0.1) is 0 Å². The lowest BCUT2D eigenvalue weighted by atomic mass is 9.89. The van der Waals surface area contributed by atoms with E-state index in [0.29, 0.717) is 19.3 Å². The van der Waals surface area contributed by atoms with Gasteiger partial charge in [0.25, 0.3) is 0 Å². The maximum Gasteiger partial charge on any atom is 0.227 e. The van der Waals surface area contributed by atoms with Crippen LogP contribution in [0.2, 0.25) is 0 Å².